The van der Waals surface area contributed by atoms with Gasteiger partial charge in [-0.2, -0.15) is 13.2 Å². The van der Waals surface area contributed by atoms with E-state index in [0.717, 1.165) is 6.20 Å². The molecule has 1 unspecified atom stereocenters. The Morgan fingerprint density at radius 1 is 0.929 bits per heavy atom. The van der Waals surface area contributed by atoms with Crippen LogP contribution in [0.15, 0.2) is 72.9 Å². The number of rotatable bonds is 7. The van der Waals surface area contributed by atoms with E-state index in [4.69, 9.17) is 0 Å². The van der Waals surface area contributed by atoms with Crippen molar-refractivity contribution in [1.29, 1.82) is 0 Å². The van der Waals surface area contributed by atoms with Crippen LogP contribution in [0.3, 0.4) is 0 Å². The van der Waals surface area contributed by atoms with Crippen LogP contribution in [0.2, 0.25) is 0 Å². The second-order valence-corrected chi connectivity index (χ2v) is 6.43. The van der Waals surface area contributed by atoms with E-state index in [9.17, 15) is 22.8 Å². The molecular formula is C21H21F3N2O2. The summed E-state index contributed by atoms with van der Waals surface area (Å²) in [6.07, 6.45) is -3.68. The van der Waals surface area contributed by atoms with Gasteiger partial charge < -0.3 is 5.32 Å². The predicted molar refractivity (Wildman–Crippen MR) is 102 cm³/mol. The van der Waals surface area contributed by atoms with Crippen molar-refractivity contribution >= 4 is 23.1 Å². The highest BCUT2D eigenvalue weighted by Crippen LogP contribution is 2.27. The van der Waals surface area contributed by atoms with E-state index in [1.54, 1.807) is 62.4 Å². The average Bonchev–Trinajstić information content (AvgIpc) is 2.65. The number of nitrogens with one attached hydrogen (secondary N) is 1. The number of para-hydroxylation sites is 2. The van der Waals surface area contributed by atoms with Gasteiger partial charge in [0.1, 0.15) is 6.04 Å². The highest BCUT2D eigenvalue weighted by atomic mass is 19.4. The minimum atomic E-state index is -4.95. The van der Waals surface area contributed by atoms with Gasteiger partial charge in [-0.15, -0.1) is 0 Å². The molecule has 0 radical (unpaired) electrons. The number of nitrogens with zero attached hydrogens (tertiary/aromatic N) is 1. The smallest absolute Gasteiger partial charge is 0.379 e. The Balaban J connectivity index is 2.32. The molecule has 0 aromatic heterocycles. The van der Waals surface area contributed by atoms with Crippen LogP contribution in [0, 0.1) is 5.92 Å². The maximum atomic E-state index is 13.3. The van der Waals surface area contributed by atoms with Gasteiger partial charge in [0.05, 0.1) is 0 Å². The molecule has 148 valence electrons. The first-order valence-corrected chi connectivity index (χ1v) is 8.69. The molecule has 0 aliphatic carbocycles. The number of hydrogen-bond acceptors (Lipinski definition) is 3. The van der Waals surface area contributed by atoms with Crippen LogP contribution in [-0.2, 0) is 9.59 Å². The van der Waals surface area contributed by atoms with Crippen LogP contribution in [0.5, 0.6) is 0 Å². The quantitative estimate of drug-likeness (QED) is 0.703. The minimum Gasteiger partial charge on any atom is -0.379 e. The third-order valence-corrected chi connectivity index (χ3v) is 3.97. The van der Waals surface area contributed by atoms with Crippen molar-refractivity contribution in [3.8, 4) is 0 Å². The van der Waals surface area contributed by atoms with Gasteiger partial charge in [0.25, 0.3) is 11.7 Å². The first-order chi connectivity index (χ1) is 13.2. The Kier molecular flexibility index (Phi) is 6.98. The second kappa shape index (κ2) is 9.21. The molecule has 2 rings (SSSR count). The molecule has 0 spiro atoms. The maximum absolute atomic E-state index is 13.3. The number of alkyl halides is 3. The molecule has 0 heterocycles. The molecule has 0 bridgehead atoms. The third kappa shape index (κ3) is 5.45. The van der Waals surface area contributed by atoms with E-state index in [2.05, 4.69) is 5.32 Å². The zero-order chi connectivity index (χ0) is 20.7. The van der Waals surface area contributed by atoms with Gasteiger partial charge in [0.2, 0.25) is 0 Å². The lowest BCUT2D eigenvalue weighted by atomic mass is 10.0. The van der Waals surface area contributed by atoms with Gasteiger partial charge in [0.15, 0.2) is 0 Å². The van der Waals surface area contributed by atoms with Gasteiger partial charge in [-0.1, -0.05) is 50.2 Å². The molecule has 28 heavy (non-hydrogen) atoms. The molecule has 2 aromatic rings. The van der Waals surface area contributed by atoms with Crippen molar-refractivity contribution in [2.24, 2.45) is 5.92 Å². The standard InChI is InChI=1S/C21H21F3N2O2/c1-15(2)19(25-14-13-18(27)21(22,23)24)20(28)26(16-9-5-3-6-10-16)17-11-7-4-8-12-17/h3-15,19,25H,1-2H3. The molecule has 2 aromatic carbocycles. The van der Waals surface area contributed by atoms with Crippen molar-refractivity contribution in [2.45, 2.75) is 26.1 Å². The van der Waals surface area contributed by atoms with Crippen molar-refractivity contribution in [2.75, 3.05) is 4.90 Å². The Morgan fingerprint density at radius 3 is 1.79 bits per heavy atom. The number of carbonyl (C=O) groups excluding carboxylic acids is 2. The number of amides is 1. The van der Waals surface area contributed by atoms with Crippen LogP contribution in [0.1, 0.15) is 13.8 Å². The van der Waals surface area contributed by atoms with E-state index in [1.165, 1.54) is 4.90 Å². The summed E-state index contributed by atoms with van der Waals surface area (Å²) in [6, 6.07) is 17.0. The molecule has 0 saturated heterocycles. The van der Waals surface area contributed by atoms with Gasteiger partial charge in [-0.25, -0.2) is 0 Å². The number of halogens is 3. The van der Waals surface area contributed by atoms with Crippen LogP contribution < -0.4 is 10.2 Å². The summed E-state index contributed by atoms with van der Waals surface area (Å²) in [5.41, 5.74) is 1.25. The summed E-state index contributed by atoms with van der Waals surface area (Å²) in [4.78, 5) is 25.8. The molecule has 0 fully saturated rings. The molecule has 0 aliphatic heterocycles. The number of ketones is 1. The fourth-order valence-corrected chi connectivity index (χ4v) is 2.57. The Hall–Kier alpha value is -3.09. The van der Waals surface area contributed by atoms with E-state index in [-0.39, 0.29) is 11.8 Å². The first kappa shape index (κ1) is 21.2. The molecule has 0 aliphatic rings. The van der Waals surface area contributed by atoms with E-state index in [1.807, 2.05) is 12.1 Å². The molecule has 4 nitrogen and oxygen atoms in total. The third-order valence-electron chi connectivity index (χ3n) is 3.97. The number of benzene rings is 2. The minimum absolute atomic E-state index is 0.243. The Bertz CT molecular complexity index is 779. The lowest BCUT2D eigenvalue weighted by Gasteiger charge is -2.29. The summed E-state index contributed by atoms with van der Waals surface area (Å²) in [6.45, 7) is 3.53. The largest absolute Gasteiger partial charge is 0.454 e. The second-order valence-electron chi connectivity index (χ2n) is 6.43. The van der Waals surface area contributed by atoms with Crippen molar-refractivity contribution < 1.29 is 22.8 Å². The van der Waals surface area contributed by atoms with E-state index >= 15 is 0 Å². The van der Waals surface area contributed by atoms with Crippen LogP contribution in [0.4, 0.5) is 24.5 Å². The predicted octanol–water partition coefficient (Wildman–Crippen LogP) is 4.61. The van der Waals surface area contributed by atoms with Crippen LogP contribution in [-0.4, -0.2) is 23.9 Å². The fourth-order valence-electron chi connectivity index (χ4n) is 2.57. The van der Waals surface area contributed by atoms with Crippen LogP contribution >= 0.6 is 0 Å². The monoisotopic (exact) mass is 390 g/mol. The summed E-state index contributed by atoms with van der Waals surface area (Å²) in [5, 5.41) is 2.65. The number of anilines is 2. The molecule has 1 N–H and O–H groups in total. The molecule has 1 amide bonds. The maximum Gasteiger partial charge on any atom is 0.454 e. The summed E-state index contributed by atoms with van der Waals surface area (Å²) >= 11 is 0. The first-order valence-electron chi connectivity index (χ1n) is 8.69. The Morgan fingerprint density at radius 2 is 1.39 bits per heavy atom. The van der Waals surface area contributed by atoms with Gasteiger partial charge in [-0.05, 0) is 30.2 Å². The molecule has 1 atom stereocenters. The molecule has 7 heteroatoms. The van der Waals surface area contributed by atoms with Crippen molar-refractivity contribution in [1.82, 2.24) is 5.32 Å². The zero-order valence-electron chi connectivity index (χ0n) is 15.5. The molecular weight excluding hydrogens is 369 g/mol. The summed E-state index contributed by atoms with van der Waals surface area (Å²) < 4.78 is 37.1. The van der Waals surface area contributed by atoms with Gasteiger partial charge in [-0.3, -0.25) is 14.5 Å². The van der Waals surface area contributed by atoms with Gasteiger partial charge >= 0.3 is 6.18 Å². The number of hydrogen-bond donors (Lipinski definition) is 1. The average molecular weight is 390 g/mol. The SMILES string of the molecule is CC(C)C(NC=CC(=O)C(F)(F)F)C(=O)N(c1ccccc1)c1ccccc1. The number of carbonyl (C=O) groups is 2. The Labute approximate surface area is 161 Å². The zero-order valence-corrected chi connectivity index (χ0v) is 15.5. The van der Waals surface area contributed by atoms with E-state index < -0.39 is 18.0 Å². The van der Waals surface area contributed by atoms with Gasteiger partial charge in [0, 0.05) is 23.7 Å². The van der Waals surface area contributed by atoms with Crippen LogP contribution in [0.25, 0.3) is 0 Å². The topological polar surface area (TPSA) is 49.4 Å². The highest BCUT2D eigenvalue weighted by Gasteiger charge is 2.36. The lowest BCUT2D eigenvalue weighted by molar-refractivity contribution is -0.165. The summed E-state index contributed by atoms with van der Waals surface area (Å²) in [5.74, 6) is -2.58. The lowest BCUT2D eigenvalue weighted by Crippen LogP contribution is -2.46. The molecule has 0 saturated carbocycles. The fraction of sp³-hybridized carbons (Fsp3) is 0.238. The number of allylic oxidation sites excluding steroid dienone is 1. The summed E-state index contributed by atoms with van der Waals surface area (Å²) in [7, 11) is 0. The van der Waals surface area contributed by atoms with Crippen molar-refractivity contribution in [3.05, 3.63) is 72.9 Å². The highest BCUT2D eigenvalue weighted by molar-refractivity contribution is 6.03. The van der Waals surface area contributed by atoms with E-state index in [0.29, 0.717) is 17.5 Å². The normalized spacial score (nSPS) is 12.8. The van der Waals surface area contributed by atoms with Crippen molar-refractivity contribution in [3.63, 3.8) is 0 Å².